The van der Waals surface area contributed by atoms with E-state index in [-0.39, 0.29) is 23.8 Å². The maximum Gasteiger partial charge on any atom is 0.256 e. The lowest BCUT2D eigenvalue weighted by molar-refractivity contribution is -0.133. The number of amides is 2. The lowest BCUT2D eigenvalue weighted by atomic mass is 9.84. The molecule has 0 unspecified atom stereocenters. The van der Waals surface area contributed by atoms with Crippen LogP contribution in [0.25, 0.3) is 0 Å². The van der Waals surface area contributed by atoms with Crippen molar-refractivity contribution in [3.05, 3.63) is 11.6 Å². The van der Waals surface area contributed by atoms with Crippen LogP contribution >= 0.6 is 0 Å². The van der Waals surface area contributed by atoms with Crippen molar-refractivity contribution in [1.82, 2.24) is 10.6 Å². The molecule has 0 radical (unpaired) electrons. The molecular weight excluding hydrogens is 208 g/mol. The molecule has 0 aromatic rings. The number of hydrogen-bond acceptors (Lipinski definition) is 4. The van der Waals surface area contributed by atoms with Gasteiger partial charge >= 0.3 is 0 Å². The molecule has 0 aliphatic carbocycles. The Labute approximate surface area is 93.2 Å². The van der Waals surface area contributed by atoms with Crippen molar-refractivity contribution in [1.29, 1.82) is 0 Å². The molecule has 0 bridgehead atoms. The van der Waals surface area contributed by atoms with Crippen molar-refractivity contribution < 1.29 is 14.3 Å². The highest BCUT2D eigenvalue weighted by molar-refractivity contribution is 6.07. The summed E-state index contributed by atoms with van der Waals surface area (Å²) in [5.74, 6) is -0.912. The number of imide groups is 1. The van der Waals surface area contributed by atoms with Gasteiger partial charge in [0.05, 0.1) is 12.0 Å². The molecule has 86 valence electrons. The second-order valence-electron chi connectivity index (χ2n) is 4.95. The van der Waals surface area contributed by atoms with Gasteiger partial charge in [-0.15, -0.1) is 0 Å². The molecule has 0 aromatic carbocycles. The summed E-state index contributed by atoms with van der Waals surface area (Å²) < 4.78 is 5.76. The smallest absolute Gasteiger partial charge is 0.256 e. The highest BCUT2D eigenvalue weighted by Gasteiger charge is 2.60. The third-order valence-electron chi connectivity index (χ3n) is 3.63. The second-order valence-corrected chi connectivity index (χ2v) is 4.95. The van der Waals surface area contributed by atoms with E-state index >= 15 is 0 Å². The Morgan fingerprint density at radius 2 is 2.19 bits per heavy atom. The first-order chi connectivity index (χ1) is 7.51. The highest BCUT2D eigenvalue weighted by Crippen LogP contribution is 2.41. The molecule has 3 aliphatic heterocycles. The lowest BCUT2D eigenvalue weighted by Gasteiger charge is -2.34. The summed E-state index contributed by atoms with van der Waals surface area (Å²) >= 11 is 0. The van der Waals surface area contributed by atoms with Crippen LogP contribution in [-0.4, -0.2) is 36.1 Å². The second kappa shape index (κ2) is 2.93. The summed E-state index contributed by atoms with van der Waals surface area (Å²) in [5.41, 5.74) is 0.636. The Balaban J connectivity index is 2.02. The van der Waals surface area contributed by atoms with Crippen molar-refractivity contribution in [2.75, 3.05) is 6.54 Å². The molecular formula is C11H14N2O3. The molecule has 3 heterocycles. The minimum atomic E-state index is -0.628. The molecule has 3 aliphatic rings. The number of carbonyl (C=O) groups is 2. The molecule has 2 fully saturated rings. The average Bonchev–Trinajstić information content (AvgIpc) is 2.61. The maximum absolute atomic E-state index is 11.7. The van der Waals surface area contributed by atoms with Crippen LogP contribution < -0.4 is 10.6 Å². The van der Waals surface area contributed by atoms with Gasteiger partial charge in [-0.25, -0.2) is 0 Å². The fraction of sp³-hybridized carbons (Fsp3) is 0.636. The van der Waals surface area contributed by atoms with Gasteiger partial charge in [0.15, 0.2) is 6.10 Å². The SMILES string of the molecule is CC1=C[C@]2(C)O[C@@H]3C(=O)NC(=O)[C@@H]3[C@@H]2NC1. The van der Waals surface area contributed by atoms with Crippen molar-refractivity contribution in [3.8, 4) is 0 Å². The Kier molecular flexibility index (Phi) is 1.83. The van der Waals surface area contributed by atoms with Crippen molar-refractivity contribution in [2.45, 2.75) is 31.6 Å². The number of hydrogen-bond donors (Lipinski definition) is 2. The van der Waals surface area contributed by atoms with Crippen LogP contribution in [0.15, 0.2) is 11.6 Å². The van der Waals surface area contributed by atoms with Gasteiger partial charge in [-0.1, -0.05) is 11.6 Å². The fourth-order valence-electron chi connectivity index (χ4n) is 3.00. The third-order valence-corrected chi connectivity index (χ3v) is 3.63. The van der Waals surface area contributed by atoms with Crippen molar-refractivity contribution >= 4 is 11.8 Å². The maximum atomic E-state index is 11.7. The Hall–Kier alpha value is -1.20. The zero-order chi connectivity index (χ0) is 11.5. The zero-order valence-corrected chi connectivity index (χ0v) is 9.24. The van der Waals surface area contributed by atoms with E-state index in [4.69, 9.17) is 4.74 Å². The number of nitrogens with one attached hydrogen (secondary N) is 2. The summed E-state index contributed by atoms with van der Waals surface area (Å²) in [7, 11) is 0. The van der Waals surface area contributed by atoms with Gasteiger partial charge in [0.2, 0.25) is 5.91 Å². The molecule has 2 amide bonds. The van der Waals surface area contributed by atoms with E-state index in [1.807, 2.05) is 19.9 Å². The average molecular weight is 222 g/mol. The van der Waals surface area contributed by atoms with Crippen LogP contribution in [0.3, 0.4) is 0 Å². The summed E-state index contributed by atoms with van der Waals surface area (Å²) in [5, 5.41) is 5.60. The van der Waals surface area contributed by atoms with E-state index in [0.29, 0.717) is 0 Å². The molecule has 2 N–H and O–H groups in total. The molecule has 3 rings (SSSR count). The van der Waals surface area contributed by atoms with Crippen molar-refractivity contribution in [3.63, 3.8) is 0 Å². The van der Waals surface area contributed by atoms with E-state index in [0.717, 1.165) is 6.54 Å². The van der Waals surface area contributed by atoms with Gasteiger partial charge in [0, 0.05) is 6.54 Å². The van der Waals surface area contributed by atoms with Crippen LogP contribution in [-0.2, 0) is 14.3 Å². The van der Waals surface area contributed by atoms with E-state index in [1.165, 1.54) is 5.57 Å². The highest BCUT2D eigenvalue weighted by atomic mass is 16.5. The predicted octanol–water partition coefficient (Wildman–Crippen LogP) is -0.665. The van der Waals surface area contributed by atoms with Crippen LogP contribution in [0.2, 0.25) is 0 Å². The van der Waals surface area contributed by atoms with E-state index in [1.54, 1.807) is 0 Å². The quantitative estimate of drug-likeness (QED) is 0.421. The summed E-state index contributed by atoms with van der Waals surface area (Å²) in [6.07, 6.45) is 1.39. The van der Waals surface area contributed by atoms with Crippen molar-refractivity contribution in [2.24, 2.45) is 5.92 Å². The minimum Gasteiger partial charge on any atom is -0.356 e. The number of rotatable bonds is 0. The van der Waals surface area contributed by atoms with Crippen LogP contribution in [0.4, 0.5) is 0 Å². The standard InChI is InChI=1S/C11H14N2O3/c1-5-3-11(2)8(12-4-5)6-7(16-11)10(15)13-9(6)14/h3,6-8,12H,4H2,1-2H3,(H,13,14,15)/t6-,7-,8-,11-/m0/s1. The summed E-state index contributed by atoms with van der Waals surface area (Å²) in [6.45, 7) is 4.67. The number of fused-ring (bicyclic) bond motifs is 3. The Morgan fingerprint density at radius 3 is 2.94 bits per heavy atom. The molecule has 2 saturated heterocycles. The summed E-state index contributed by atoms with van der Waals surface area (Å²) in [4.78, 5) is 23.2. The zero-order valence-electron chi connectivity index (χ0n) is 9.24. The number of carbonyl (C=O) groups excluding carboxylic acids is 2. The van der Waals surface area contributed by atoms with Crippen LogP contribution in [0, 0.1) is 5.92 Å². The predicted molar refractivity (Wildman–Crippen MR) is 55.5 cm³/mol. The van der Waals surface area contributed by atoms with Gasteiger partial charge in [0.1, 0.15) is 5.60 Å². The number of ether oxygens (including phenoxy) is 1. The van der Waals surface area contributed by atoms with Gasteiger partial charge in [-0.2, -0.15) is 0 Å². The van der Waals surface area contributed by atoms with Gasteiger partial charge in [0.25, 0.3) is 5.91 Å². The lowest BCUT2D eigenvalue weighted by Crippen LogP contribution is -2.53. The van der Waals surface area contributed by atoms with Crippen LogP contribution in [0.1, 0.15) is 13.8 Å². The van der Waals surface area contributed by atoms with E-state index < -0.39 is 11.7 Å². The first-order valence-corrected chi connectivity index (χ1v) is 5.45. The molecule has 4 atom stereocenters. The van der Waals surface area contributed by atoms with E-state index in [9.17, 15) is 9.59 Å². The van der Waals surface area contributed by atoms with Gasteiger partial charge in [-0.05, 0) is 13.8 Å². The summed E-state index contributed by atoms with van der Waals surface area (Å²) in [6, 6.07) is -0.104. The van der Waals surface area contributed by atoms with Crippen LogP contribution in [0.5, 0.6) is 0 Å². The van der Waals surface area contributed by atoms with Gasteiger partial charge in [-0.3, -0.25) is 14.9 Å². The first kappa shape index (κ1) is 9.99. The van der Waals surface area contributed by atoms with E-state index in [2.05, 4.69) is 10.6 Å². The largest absolute Gasteiger partial charge is 0.356 e. The third kappa shape index (κ3) is 1.13. The molecule has 5 nitrogen and oxygen atoms in total. The molecule has 0 saturated carbocycles. The molecule has 16 heavy (non-hydrogen) atoms. The topological polar surface area (TPSA) is 67.4 Å². The Bertz CT molecular complexity index is 417. The van der Waals surface area contributed by atoms with Gasteiger partial charge < -0.3 is 10.1 Å². The normalized spacial score (nSPS) is 46.1. The first-order valence-electron chi connectivity index (χ1n) is 5.45. The monoisotopic (exact) mass is 222 g/mol. The molecule has 5 heteroatoms. The molecule has 0 spiro atoms. The Morgan fingerprint density at radius 1 is 1.44 bits per heavy atom. The fourth-order valence-corrected chi connectivity index (χ4v) is 3.00. The molecule has 0 aromatic heterocycles. The minimum absolute atomic E-state index is 0.104.